The molecule has 102 valence electrons. The zero-order valence-corrected chi connectivity index (χ0v) is 12.1. The fourth-order valence-corrected chi connectivity index (χ4v) is 2.57. The summed E-state index contributed by atoms with van der Waals surface area (Å²) in [5.41, 5.74) is 7.60. The molecule has 0 heterocycles. The summed E-state index contributed by atoms with van der Waals surface area (Å²) < 4.78 is 0. The number of amides is 1. The lowest BCUT2D eigenvalue weighted by Crippen LogP contribution is -2.32. The Morgan fingerprint density at radius 2 is 2.00 bits per heavy atom. The molecule has 0 aliphatic carbocycles. The summed E-state index contributed by atoms with van der Waals surface area (Å²) in [6.45, 7) is 10.4. The molecule has 0 radical (unpaired) electrons. The van der Waals surface area contributed by atoms with E-state index in [9.17, 15) is 4.79 Å². The molecule has 4 heteroatoms. The predicted octanol–water partition coefficient (Wildman–Crippen LogP) is 2.87. The molecule has 19 heavy (non-hydrogen) atoms. The van der Waals surface area contributed by atoms with Crippen LogP contribution in [0.5, 0.6) is 0 Å². The highest BCUT2D eigenvalue weighted by Gasteiger charge is 2.11. The number of hydrogen-bond acceptors (Lipinski definition) is 3. The summed E-state index contributed by atoms with van der Waals surface area (Å²) in [5.74, 6) is 0.470. The second kappa shape index (κ2) is 7.69. The van der Waals surface area contributed by atoms with E-state index in [1.165, 1.54) is 11.8 Å². The van der Waals surface area contributed by atoms with Gasteiger partial charge in [0, 0.05) is 23.7 Å². The Balaban J connectivity index is 2.63. The number of benzene rings is 1. The number of thioether (sulfide) groups is 1. The van der Waals surface area contributed by atoms with Crippen LogP contribution in [-0.4, -0.2) is 29.6 Å². The minimum absolute atomic E-state index is 0.0756. The van der Waals surface area contributed by atoms with Crippen molar-refractivity contribution in [1.29, 1.82) is 0 Å². The number of hydrogen-bond donors (Lipinski definition) is 1. The fraction of sp³-hybridized carbons (Fsp3) is 0.267. The van der Waals surface area contributed by atoms with E-state index in [1.54, 1.807) is 17.1 Å². The van der Waals surface area contributed by atoms with E-state index >= 15 is 0 Å². The molecule has 0 aliphatic rings. The quantitative estimate of drug-likeness (QED) is 0.473. The van der Waals surface area contributed by atoms with Crippen LogP contribution >= 0.6 is 11.8 Å². The van der Waals surface area contributed by atoms with Crippen molar-refractivity contribution in [2.75, 3.05) is 24.6 Å². The minimum atomic E-state index is 0.0756. The highest BCUT2D eigenvalue weighted by atomic mass is 32.2. The summed E-state index contributed by atoms with van der Waals surface area (Å²) in [4.78, 5) is 14.8. The first-order valence-corrected chi connectivity index (χ1v) is 7.05. The number of carbonyl (C=O) groups is 1. The second-order valence-corrected chi connectivity index (χ2v) is 5.21. The number of carbonyl (C=O) groups excluding carboxylic acids is 1. The molecule has 0 fully saturated rings. The smallest absolute Gasteiger partial charge is 0.233 e. The summed E-state index contributed by atoms with van der Waals surface area (Å²) in [6.07, 6.45) is 3.44. The van der Waals surface area contributed by atoms with Gasteiger partial charge in [0.1, 0.15) is 0 Å². The van der Waals surface area contributed by atoms with E-state index in [1.807, 2.05) is 25.1 Å². The standard InChI is InChI=1S/C15H20N2OS/c1-4-8-17(9-5-2)15(18)11-19-14-10-13(16)7-6-12(14)3/h4-7,10H,1-2,8-9,11,16H2,3H3. The zero-order valence-electron chi connectivity index (χ0n) is 11.3. The van der Waals surface area contributed by atoms with Crippen molar-refractivity contribution in [3.63, 3.8) is 0 Å². The van der Waals surface area contributed by atoms with Crippen LogP contribution in [0.4, 0.5) is 5.69 Å². The van der Waals surface area contributed by atoms with Gasteiger partial charge in [-0.25, -0.2) is 0 Å². The highest BCUT2D eigenvalue weighted by molar-refractivity contribution is 8.00. The molecule has 0 unspecified atom stereocenters. The van der Waals surface area contributed by atoms with Crippen LogP contribution < -0.4 is 5.73 Å². The Morgan fingerprint density at radius 3 is 2.58 bits per heavy atom. The summed E-state index contributed by atoms with van der Waals surface area (Å²) in [7, 11) is 0. The maximum absolute atomic E-state index is 12.1. The Bertz CT molecular complexity index is 461. The molecule has 3 nitrogen and oxygen atoms in total. The number of nitrogens with zero attached hydrogens (tertiary/aromatic N) is 1. The van der Waals surface area contributed by atoms with Crippen LogP contribution in [0.1, 0.15) is 5.56 Å². The van der Waals surface area contributed by atoms with E-state index in [4.69, 9.17) is 5.73 Å². The molecule has 0 spiro atoms. The molecule has 0 saturated heterocycles. The zero-order chi connectivity index (χ0) is 14.3. The van der Waals surface area contributed by atoms with Crippen molar-refractivity contribution in [3.05, 3.63) is 49.1 Å². The molecule has 0 aliphatic heterocycles. The first-order chi connectivity index (χ1) is 9.08. The lowest BCUT2D eigenvalue weighted by atomic mass is 10.2. The van der Waals surface area contributed by atoms with Crippen molar-refractivity contribution >= 4 is 23.4 Å². The van der Waals surface area contributed by atoms with Gasteiger partial charge in [-0.15, -0.1) is 24.9 Å². The van der Waals surface area contributed by atoms with Crippen LogP contribution in [0.3, 0.4) is 0 Å². The Labute approximate surface area is 119 Å². The SMILES string of the molecule is C=CCN(CC=C)C(=O)CSc1cc(N)ccc1C. The molecule has 1 rings (SSSR count). The van der Waals surface area contributed by atoms with E-state index in [0.29, 0.717) is 18.8 Å². The van der Waals surface area contributed by atoms with Gasteiger partial charge in [0.05, 0.1) is 5.75 Å². The van der Waals surface area contributed by atoms with E-state index in [0.717, 1.165) is 16.1 Å². The molecular formula is C15H20N2OS. The highest BCUT2D eigenvalue weighted by Crippen LogP contribution is 2.24. The van der Waals surface area contributed by atoms with Crippen LogP contribution in [0, 0.1) is 6.92 Å². The molecule has 1 aromatic rings. The van der Waals surface area contributed by atoms with Crippen molar-refractivity contribution in [1.82, 2.24) is 4.90 Å². The maximum atomic E-state index is 12.1. The normalized spacial score (nSPS) is 9.95. The first kappa shape index (κ1) is 15.4. The number of nitrogens with two attached hydrogens (primary N) is 1. The Morgan fingerprint density at radius 1 is 1.37 bits per heavy atom. The third-order valence-electron chi connectivity index (χ3n) is 2.62. The average molecular weight is 276 g/mol. The lowest BCUT2D eigenvalue weighted by Gasteiger charge is -2.19. The van der Waals surface area contributed by atoms with Gasteiger partial charge in [0.25, 0.3) is 0 Å². The van der Waals surface area contributed by atoms with Crippen molar-refractivity contribution in [3.8, 4) is 0 Å². The van der Waals surface area contributed by atoms with Gasteiger partial charge in [-0.3, -0.25) is 4.79 Å². The molecule has 0 bridgehead atoms. The molecule has 0 saturated carbocycles. The van der Waals surface area contributed by atoms with Gasteiger partial charge in [-0.2, -0.15) is 0 Å². The van der Waals surface area contributed by atoms with Crippen LogP contribution in [0.25, 0.3) is 0 Å². The third-order valence-corrected chi connectivity index (χ3v) is 3.76. The molecular weight excluding hydrogens is 256 g/mol. The monoisotopic (exact) mass is 276 g/mol. The minimum Gasteiger partial charge on any atom is -0.399 e. The lowest BCUT2D eigenvalue weighted by molar-refractivity contribution is -0.127. The van der Waals surface area contributed by atoms with Gasteiger partial charge >= 0.3 is 0 Å². The van der Waals surface area contributed by atoms with E-state index in [2.05, 4.69) is 13.2 Å². The number of anilines is 1. The summed E-state index contributed by atoms with van der Waals surface area (Å²) in [5, 5.41) is 0. The van der Waals surface area contributed by atoms with Crippen molar-refractivity contribution in [2.24, 2.45) is 0 Å². The topological polar surface area (TPSA) is 46.3 Å². The van der Waals surface area contributed by atoms with Crippen LogP contribution in [-0.2, 0) is 4.79 Å². The van der Waals surface area contributed by atoms with Crippen LogP contribution in [0.2, 0.25) is 0 Å². The fourth-order valence-electron chi connectivity index (χ4n) is 1.59. The van der Waals surface area contributed by atoms with E-state index < -0.39 is 0 Å². The number of nitrogen functional groups attached to an aromatic ring is 1. The Kier molecular flexibility index (Phi) is 6.22. The summed E-state index contributed by atoms with van der Waals surface area (Å²) in [6, 6.07) is 5.73. The molecule has 2 N–H and O–H groups in total. The molecule has 1 aromatic carbocycles. The molecule has 0 aromatic heterocycles. The van der Waals surface area contributed by atoms with E-state index in [-0.39, 0.29) is 5.91 Å². The maximum Gasteiger partial charge on any atom is 0.233 e. The molecule has 1 amide bonds. The molecule has 0 atom stereocenters. The van der Waals surface area contributed by atoms with Gasteiger partial charge in [-0.1, -0.05) is 18.2 Å². The number of rotatable bonds is 7. The van der Waals surface area contributed by atoms with Gasteiger partial charge in [0.15, 0.2) is 0 Å². The second-order valence-electron chi connectivity index (χ2n) is 4.19. The Hall–Kier alpha value is -1.68. The number of aryl methyl sites for hydroxylation is 1. The van der Waals surface area contributed by atoms with Crippen molar-refractivity contribution in [2.45, 2.75) is 11.8 Å². The first-order valence-electron chi connectivity index (χ1n) is 6.07. The summed E-state index contributed by atoms with van der Waals surface area (Å²) >= 11 is 1.51. The van der Waals surface area contributed by atoms with Gasteiger partial charge in [-0.05, 0) is 24.6 Å². The van der Waals surface area contributed by atoms with Gasteiger partial charge in [0.2, 0.25) is 5.91 Å². The average Bonchev–Trinajstić information content (AvgIpc) is 2.39. The third kappa shape index (κ3) is 4.83. The van der Waals surface area contributed by atoms with Gasteiger partial charge < -0.3 is 10.6 Å². The predicted molar refractivity (Wildman–Crippen MR) is 83.3 cm³/mol. The van der Waals surface area contributed by atoms with Crippen LogP contribution in [0.15, 0.2) is 48.4 Å². The van der Waals surface area contributed by atoms with Crippen molar-refractivity contribution < 1.29 is 4.79 Å². The largest absolute Gasteiger partial charge is 0.399 e.